The number of carbonyl (C=O) groups excluding carboxylic acids is 1. The Morgan fingerprint density at radius 3 is 2.68 bits per heavy atom. The molecule has 2 heterocycles. The van der Waals surface area contributed by atoms with E-state index in [-0.39, 0.29) is 11.9 Å². The first-order valence-electron chi connectivity index (χ1n) is 8.26. The summed E-state index contributed by atoms with van der Waals surface area (Å²) in [4.78, 5) is 20.4. The maximum Gasteiger partial charge on any atom is 0.222 e. The first-order valence-corrected chi connectivity index (χ1v) is 8.26. The molecule has 0 radical (unpaired) electrons. The number of nitrogens with zero attached hydrogens (tertiary/aromatic N) is 3. The largest absolute Gasteiger partial charge is 0.343 e. The van der Waals surface area contributed by atoms with E-state index in [2.05, 4.69) is 29.1 Å². The summed E-state index contributed by atoms with van der Waals surface area (Å²) in [6, 6.07) is 4.39. The Hall–Kier alpha value is -1.46. The lowest BCUT2D eigenvalue weighted by Crippen LogP contribution is -2.42. The average molecular weight is 304 g/mol. The van der Waals surface area contributed by atoms with Crippen LogP contribution in [-0.2, 0) is 11.2 Å². The molecule has 1 aliphatic heterocycles. The van der Waals surface area contributed by atoms with Gasteiger partial charge in [-0.25, -0.2) is 0 Å². The van der Waals surface area contributed by atoms with Gasteiger partial charge in [0.15, 0.2) is 0 Å². The minimum absolute atomic E-state index is 0.281. The lowest BCUT2D eigenvalue weighted by atomic mass is 10.1. The average Bonchev–Trinajstić information content (AvgIpc) is 2.54. The molecular weight excluding hydrogens is 276 g/mol. The molecule has 0 aliphatic carbocycles. The van der Waals surface area contributed by atoms with Gasteiger partial charge in [0.1, 0.15) is 0 Å². The summed E-state index contributed by atoms with van der Waals surface area (Å²) >= 11 is 0. The minimum atomic E-state index is 0.281. The molecular formula is C17H28N4O. The Morgan fingerprint density at radius 1 is 1.32 bits per heavy atom. The van der Waals surface area contributed by atoms with Crippen molar-refractivity contribution in [1.82, 2.24) is 14.8 Å². The number of likely N-dealkylation sites (N-methyl/N-ethyl adjacent to an activating group) is 1. The van der Waals surface area contributed by atoms with Crippen molar-refractivity contribution in [1.29, 1.82) is 0 Å². The summed E-state index contributed by atoms with van der Waals surface area (Å²) in [5.41, 5.74) is 7.18. The van der Waals surface area contributed by atoms with E-state index >= 15 is 0 Å². The van der Waals surface area contributed by atoms with E-state index in [0.29, 0.717) is 6.42 Å². The number of hydrogen-bond donors (Lipinski definition) is 1. The van der Waals surface area contributed by atoms with Crippen molar-refractivity contribution >= 4 is 5.91 Å². The van der Waals surface area contributed by atoms with Crippen LogP contribution in [0.4, 0.5) is 0 Å². The van der Waals surface area contributed by atoms with Gasteiger partial charge < -0.3 is 15.5 Å². The molecule has 0 atom stereocenters. The van der Waals surface area contributed by atoms with Crippen molar-refractivity contribution in [3.05, 3.63) is 30.1 Å². The van der Waals surface area contributed by atoms with Crippen molar-refractivity contribution in [3.63, 3.8) is 0 Å². The van der Waals surface area contributed by atoms with Crippen molar-refractivity contribution in [3.8, 4) is 0 Å². The van der Waals surface area contributed by atoms with Gasteiger partial charge in [-0.15, -0.1) is 0 Å². The highest BCUT2D eigenvalue weighted by atomic mass is 16.2. The van der Waals surface area contributed by atoms with E-state index in [0.717, 1.165) is 51.9 Å². The number of rotatable bonds is 7. The molecule has 1 aromatic rings. The number of pyridine rings is 1. The van der Waals surface area contributed by atoms with Crippen LogP contribution in [0.3, 0.4) is 0 Å². The zero-order valence-corrected chi connectivity index (χ0v) is 13.6. The molecule has 0 unspecified atom stereocenters. The van der Waals surface area contributed by atoms with Crippen LogP contribution in [0.25, 0.3) is 0 Å². The highest BCUT2D eigenvalue weighted by Crippen LogP contribution is 2.10. The van der Waals surface area contributed by atoms with E-state index in [1.54, 1.807) is 0 Å². The van der Waals surface area contributed by atoms with Crippen molar-refractivity contribution in [2.45, 2.75) is 38.1 Å². The van der Waals surface area contributed by atoms with Gasteiger partial charge >= 0.3 is 0 Å². The first kappa shape index (κ1) is 16.9. The summed E-state index contributed by atoms with van der Waals surface area (Å²) in [5, 5.41) is 0. The van der Waals surface area contributed by atoms with Crippen LogP contribution in [-0.4, -0.2) is 60.0 Å². The zero-order valence-electron chi connectivity index (χ0n) is 13.6. The second-order valence-corrected chi connectivity index (χ2v) is 6.23. The number of amides is 1. The molecule has 2 N–H and O–H groups in total. The van der Waals surface area contributed by atoms with Crippen LogP contribution >= 0.6 is 0 Å². The Balaban J connectivity index is 1.58. The van der Waals surface area contributed by atoms with Gasteiger partial charge in [-0.05, 0) is 57.0 Å². The van der Waals surface area contributed by atoms with Gasteiger partial charge in [0.25, 0.3) is 0 Å². The monoisotopic (exact) mass is 304 g/mol. The molecule has 0 bridgehead atoms. The molecule has 122 valence electrons. The third kappa shape index (κ3) is 5.73. The molecule has 1 fully saturated rings. The minimum Gasteiger partial charge on any atom is -0.343 e. The van der Waals surface area contributed by atoms with Crippen LogP contribution in [0, 0.1) is 0 Å². The topological polar surface area (TPSA) is 62.5 Å². The predicted octanol–water partition coefficient (Wildman–Crippen LogP) is 1.29. The fraction of sp³-hybridized carbons (Fsp3) is 0.647. The van der Waals surface area contributed by atoms with Crippen LogP contribution in [0.5, 0.6) is 0 Å². The Bertz CT molecular complexity index is 443. The third-order valence-electron chi connectivity index (χ3n) is 4.35. The molecule has 1 saturated heterocycles. The van der Waals surface area contributed by atoms with Gasteiger partial charge in [-0.3, -0.25) is 9.78 Å². The highest BCUT2D eigenvalue weighted by Gasteiger charge is 2.19. The summed E-state index contributed by atoms with van der Waals surface area (Å²) in [6.07, 6.45) is 8.15. The first-order chi connectivity index (χ1) is 10.6. The lowest BCUT2D eigenvalue weighted by Gasteiger charge is -2.30. The smallest absolute Gasteiger partial charge is 0.222 e. The van der Waals surface area contributed by atoms with E-state index in [1.165, 1.54) is 5.56 Å². The molecule has 5 heteroatoms. The number of nitrogens with two attached hydrogens (primary N) is 1. The van der Waals surface area contributed by atoms with E-state index in [4.69, 9.17) is 5.73 Å². The number of likely N-dealkylation sites (tertiary alicyclic amines) is 1. The van der Waals surface area contributed by atoms with Crippen LogP contribution in [0.15, 0.2) is 24.5 Å². The molecule has 1 amide bonds. The maximum absolute atomic E-state index is 12.1. The summed E-state index contributed by atoms with van der Waals surface area (Å²) < 4.78 is 0. The Labute approximate surface area is 133 Å². The van der Waals surface area contributed by atoms with E-state index < -0.39 is 0 Å². The summed E-state index contributed by atoms with van der Waals surface area (Å²) in [5.74, 6) is 0.287. The molecule has 1 aliphatic rings. The van der Waals surface area contributed by atoms with Crippen LogP contribution in [0.1, 0.15) is 31.2 Å². The number of piperidine rings is 1. The van der Waals surface area contributed by atoms with E-state index in [1.807, 2.05) is 17.3 Å². The number of hydrogen-bond acceptors (Lipinski definition) is 4. The Kier molecular flexibility index (Phi) is 6.80. The Morgan fingerprint density at radius 2 is 2.00 bits per heavy atom. The van der Waals surface area contributed by atoms with Crippen LogP contribution < -0.4 is 5.73 Å². The molecule has 0 aromatic carbocycles. The van der Waals surface area contributed by atoms with Gasteiger partial charge in [0.2, 0.25) is 5.91 Å². The number of carbonyl (C=O) groups is 1. The summed E-state index contributed by atoms with van der Waals surface area (Å²) in [6.45, 7) is 3.64. The number of aromatic nitrogens is 1. The molecule has 22 heavy (non-hydrogen) atoms. The molecule has 2 rings (SSSR count). The second-order valence-electron chi connectivity index (χ2n) is 6.23. The lowest BCUT2D eigenvalue weighted by molar-refractivity contribution is -0.132. The zero-order chi connectivity index (χ0) is 15.8. The maximum atomic E-state index is 12.1. The fourth-order valence-corrected chi connectivity index (χ4v) is 2.79. The summed E-state index contributed by atoms with van der Waals surface area (Å²) in [7, 11) is 2.12. The SMILES string of the molecule is CN(CCCC(=O)N1CCC(N)CC1)CCc1ccncc1. The van der Waals surface area contributed by atoms with Crippen molar-refractivity contribution in [2.75, 3.05) is 33.2 Å². The molecule has 5 nitrogen and oxygen atoms in total. The normalized spacial score (nSPS) is 16.2. The van der Waals surface area contributed by atoms with Gasteiger partial charge in [0.05, 0.1) is 0 Å². The van der Waals surface area contributed by atoms with Gasteiger partial charge in [-0.1, -0.05) is 0 Å². The third-order valence-corrected chi connectivity index (χ3v) is 4.35. The molecule has 1 aromatic heterocycles. The molecule has 0 spiro atoms. The fourth-order valence-electron chi connectivity index (χ4n) is 2.79. The van der Waals surface area contributed by atoms with Crippen molar-refractivity contribution in [2.24, 2.45) is 5.73 Å². The van der Waals surface area contributed by atoms with Gasteiger partial charge in [0, 0.05) is 44.5 Å². The quantitative estimate of drug-likeness (QED) is 0.824. The van der Waals surface area contributed by atoms with Crippen LogP contribution in [0.2, 0.25) is 0 Å². The van der Waals surface area contributed by atoms with Crippen molar-refractivity contribution < 1.29 is 4.79 Å². The predicted molar refractivity (Wildman–Crippen MR) is 88.5 cm³/mol. The standard InChI is InChI=1S/C17H28N4O/c1-20(12-6-15-4-9-19-10-5-15)11-2-3-17(22)21-13-7-16(18)8-14-21/h4-5,9-10,16H,2-3,6-8,11-14,18H2,1H3. The highest BCUT2D eigenvalue weighted by molar-refractivity contribution is 5.76. The van der Waals surface area contributed by atoms with E-state index in [9.17, 15) is 4.79 Å². The second kappa shape index (κ2) is 8.86. The van der Waals surface area contributed by atoms with Gasteiger partial charge in [-0.2, -0.15) is 0 Å². The molecule has 0 saturated carbocycles.